The molecule has 0 aliphatic heterocycles. The van der Waals surface area contributed by atoms with Gasteiger partial charge in [-0.15, -0.1) is 0 Å². The van der Waals surface area contributed by atoms with Crippen molar-refractivity contribution in [3.8, 4) is 5.75 Å². The molecular weight excluding hydrogens is 404 g/mol. The molecule has 0 saturated carbocycles. The van der Waals surface area contributed by atoms with Gasteiger partial charge in [0.1, 0.15) is 0 Å². The van der Waals surface area contributed by atoms with Gasteiger partial charge in [0.05, 0.1) is 22.0 Å². The lowest BCUT2D eigenvalue weighted by Crippen LogP contribution is -2.17. The topological polar surface area (TPSA) is 122 Å². The standard InChI is InChI=1S/C14H18N2O7.C8H17/c1-5-9(4)11-6-10(15(18)19)7-12(16(20)21)13(11)23-14(17)22-8(2)3;1-3-5-7-8-6-4-2/h6-9H,5H2,1-4H3;1,3-8H2,2H3. The van der Waals surface area contributed by atoms with Gasteiger partial charge in [-0.2, -0.15) is 0 Å². The van der Waals surface area contributed by atoms with E-state index < -0.39 is 33.5 Å². The quantitative estimate of drug-likeness (QED) is 0.118. The highest BCUT2D eigenvalue weighted by molar-refractivity contribution is 5.70. The van der Waals surface area contributed by atoms with E-state index in [4.69, 9.17) is 9.47 Å². The summed E-state index contributed by atoms with van der Waals surface area (Å²) in [5, 5.41) is 22.2. The fraction of sp³-hybridized carbons (Fsp3) is 0.636. The molecule has 0 aromatic heterocycles. The number of nitro benzene ring substituents is 2. The number of benzene rings is 1. The molecule has 0 aliphatic rings. The Morgan fingerprint density at radius 3 is 2.10 bits per heavy atom. The molecule has 1 atom stereocenters. The Morgan fingerprint density at radius 2 is 1.65 bits per heavy atom. The van der Waals surface area contributed by atoms with Crippen LogP contribution in [0.25, 0.3) is 0 Å². The summed E-state index contributed by atoms with van der Waals surface area (Å²) < 4.78 is 9.80. The van der Waals surface area contributed by atoms with Crippen molar-refractivity contribution in [2.75, 3.05) is 0 Å². The van der Waals surface area contributed by atoms with Crippen LogP contribution in [-0.4, -0.2) is 22.1 Å². The van der Waals surface area contributed by atoms with Crippen LogP contribution in [0.2, 0.25) is 0 Å². The summed E-state index contributed by atoms with van der Waals surface area (Å²) in [6.45, 7) is 12.8. The molecule has 9 heteroatoms. The van der Waals surface area contributed by atoms with Gasteiger partial charge >= 0.3 is 11.8 Å². The minimum absolute atomic E-state index is 0.217. The molecule has 1 aromatic rings. The van der Waals surface area contributed by atoms with E-state index in [9.17, 15) is 25.0 Å². The number of carbonyl (C=O) groups excluding carboxylic acids is 1. The molecule has 175 valence electrons. The molecule has 1 aromatic carbocycles. The number of unbranched alkanes of at least 4 members (excludes halogenated alkanes) is 5. The molecule has 0 aliphatic carbocycles. The van der Waals surface area contributed by atoms with Crippen LogP contribution in [-0.2, 0) is 4.74 Å². The number of ether oxygens (including phenoxy) is 2. The molecule has 9 nitrogen and oxygen atoms in total. The maximum Gasteiger partial charge on any atom is 0.514 e. The van der Waals surface area contributed by atoms with E-state index >= 15 is 0 Å². The Labute approximate surface area is 184 Å². The zero-order chi connectivity index (χ0) is 24.0. The second kappa shape index (κ2) is 15.1. The van der Waals surface area contributed by atoms with Gasteiger partial charge in [-0.3, -0.25) is 20.2 Å². The lowest BCUT2D eigenvalue weighted by atomic mass is 9.96. The van der Waals surface area contributed by atoms with Crippen molar-refractivity contribution in [2.24, 2.45) is 0 Å². The summed E-state index contributed by atoms with van der Waals surface area (Å²) in [6.07, 6.45) is 6.96. The number of carbonyl (C=O) groups is 1. The van der Waals surface area contributed by atoms with Crippen LogP contribution in [0.1, 0.15) is 91.0 Å². The number of nitrogens with zero attached hydrogens (tertiary/aromatic N) is 2. The van der Waals surface area contributed by atoms with Crippen molar-refractivity contribution in [3.05, 3.63) is 44.8 Å². The van der Waals surface area contributed by atoms with Crippen LogP contribution in [0.4, 0.5) is 16.2 Å². The summed E-state index contributed by atoms with van der Waals surface area (Å²) in [7, 11) is 0. The minimum atomic E-state index is -1.10. The highest BCUT2D eigenvalue weighted by Gasteiger charge is 2.29. The zero-order valence-corrected chi connectivity index (χ0v) is 19.2. The van der Waals surface area contributed by atoms with E-state index in [-0.39, 0.29) is 17.2 Å². The molecule has 0 heterocycles. The maximum absolute atomic E-state index is 11.7. The molecule has 0 bridgehead atoms. The van der Waals surface area contributed by atoms with E-state index in [0.29, 0.717) is 6.42 Å². The first-order valence-corrected chi connectivity index (χ1v) is 10.7. The first-order chi connectivity index (χ1) is 14.6. The average molecular weight is 440 g/mol. The summed E-state index contributed by atoms with van der Waals surface area (Å²) >= 11 is 0. The molecule has 0 N–H and O–H groups in total. The smallest absolute Gasteiger partial charge is 0.431 e. The van der Waals surface area contributed by atoms with Crippen molar-refractivity contribution in [2.45, 2.75) is 91.6 Å². The SMILES string of the molecule is CCC(C)c1cc([N+](=O)[O-])cc([N+](=O)[O-])c1OC(=O)OC(C)C.[CH2]CCCCCCC. The number of hydrogen-bond donors (Lipinski definition) is 0. The fourth-order valence-corrected chi connectivity index (χ4v) is 2.64. The largest absolute Gasteiger partial charge is 0.514 e. The second-order valence-electron chi connectivity index (χ2n) is 7.49. The normalized spacial score (nSPS) is 11.3. The van der Waals surface area contributed by atoms with Crippen LogP contribution in [0.5, 0.6) is 5.75 Å². The fourth-order valence-electron chi connectivity index (χ4n) is 2.64. The molecule has 0 spiro atoms. The first-order valence-electron chi connectivity index (χ1n) is 10.7. The highest BCUT2D eigenvalue weighted by atomic mass is 16.7. The Hall–Kier alpha value is -2.71. The number of rotatable bonds is 11. The first kappa shape index (κ1) is 28.3. The summed E-state index contributed by atoms with van der Waals surface area (Å²) in [4.78, 5) is 32.3. The van der Waals surface area contributed by atoms with Crippen molar-refractivity contribution in [3.63, 3.8) is 0 Å². The molecule has 1 unspecified atom stereocenters. The van der Waals surface area contributed by atoms with Crippen LogP contribution < -0.4 is 4.74 Å². The van der Waals surface area contributed by atoms with Crippen LogP contribution in [0.15, 0.2) is 12.1 Å². The van der Waals surface area contributed by atoms with Crippen LogP contribution in [0.3, 0.4) is 0 Å². The number of nitro groups is 2. The maximum atomic E-state index is 11.7. The molecule has 0 fully saturated rings. The van der Waals surface area contributed by atoms with E-state index in [1.54, 1.807) is 20.8 Å². The Balaban J connectivity index is 0.000000954. The van der Waals surface area contributed by atoms with Crippen LogP contribution in [0, 0.1) is 27.2 Å². The molecular formula is C22H35N2O7. The number of hydrogen-bond acceptors (Lipinski definition) is 7. The number of non-ortho nitro benzene ring substituents is 1. The molecule has 0 saturated heterocycles. The third-order valence-electron chi connectivity index (χ3n) is 4.50. The van der Waals surface area contributed by atoms with Gasteiger partial charge in [0.15, 0.2) is 0 Å². The summed E-state index contributed by atoms with van der Waals surface area (Å²) in [5.74, 6) is -0.601. The van der Waals surface area contributed by atoms with Gasteiger partial charge in [0.25, 0.3) is 5.69 Å². The van der Waals surface area contributed by atoms with E-state index in [1.807, 2.05) is 6.92 Å². The van der Waals surface area contributed by atoms with Crippen molar-refractivity contribution < 1.29 is 24.1 Å². The lowest BCUT2D eigenvalue weighted by molar-refractivity contribution is -0.394. The Morgan fingerprint density at radius 1 is 1.03 bits per heavy atom. The van der Waals surface area contributed by atoms with Gasteiger partial charge in [0, 0.05) is 11.6 Å². The van der Waals surface area contributed by atoms with Gasteiger partial charge in [-0.05, 0) is 26.2 Å². The third-order valence-corrected chi connectivity index (χ3v) is 4.50. The third kappa shape index (κ3) is 10.8. The van der Waals surface area contributed by atoms with Gasteiger partial charge in [-0.1, -0.05) is 66.2 Å². The molecule has 31 heavy (non-hydrogen) atoms. The summed E-state index contributed by atoms with van der Waals surface area (Å²) in [6, 6.07) is 1.95. The summed E-state index contributed by atoms with van der Waals surface area (Å²) in [5.41, 5.74) is -0.860. The van der Waals surface area contributed by atoms with Crippen molar-refractivity contribution in [1.29, 1.82) is 0 Å². The molecule has 0 amide bonds. The van der Waals surface area contributed by atoms with E-state index in [0.717, 1.165) is 12.5 Å². The highest BCUT2D eigenvalue weighted by Crippen LogP contribution is 2.40. The van der Waals surface area contributed by atoms with E-state index in [1.165, 1.54) is 38.2 Å². The average Bonchev–Trinajstić information content (AvgIpc) is 2.70. The monoisotopic (exact) mass is 439 g/mol. The predicted octanol–water partition coefficient (Wildman–Crippen LogP) is 7.12. The van der Waals surface area contributed by atoms with Gasteiger partial charge in [-0.25, -0.2) is 4.79 Å². The van der Waals surface area contributed by atoms with Crippen molar-refractivity contribution >= 4 is 17.5 Å². The minimum Gasteiger partial charge on any atom is -0.431 e. The Bertz CT molecular complexity index is 714. The lowest BCUT2D eigenvalue weighted by Gasteiger charge is -2.15. The molecule has 1 radical (unpaired) electrons. The predicted molar refractivity (Wildman–Crippen MR) is 119 cm³/mol. The zero-order valence-electron chi connectivity index (χ0n) is 19.2. The Kier molecular flexibility index (Phi) is 13.8. The van der Waals surface area contributed by atoms with Gasteiger partial charge in [0.2, 0.25) is 5.75 Å². The van der Waals surface area contributed by atoms with Crippen LogP contribution >= 0.6 is 0 Å². The van der Waals surface area contributed by atoms with E-state index in [2.05, 4.69) is 13.8 Å². The second-order valence-corrected chi connectivity index (χ2v) is 7.49. The van der Waals surface area contributed by atoms with Crippen molar-refractivity contribution in [1.82, 2.24) is 0 Å². The van der Waals surface area contributed by atoms with Gasteiger partial charge < -0.3 is 9.47 Å². The molecule has 1 rings (SSSR count).